The number of carbonyl (C=O) groups excluding carboxylic acids is 2. The maximum Gasteiger partial charge on any atom is 0.259 e. The maximum absolute atomic E-state index is 13.0. The third-order valence-corrected chi connectivity index (χ3v) is 5.77. The summed E-state index contributed by atoms with van der Waals surface area (Å²) in [5, 5.41) is 3.50. The first-order chi connectivity index (χ1) is 13.9. The lowest BCUT2D eigenvalue weighted by atomic mass is 10.0. The highest BCUT2D eigenvalue weighted by atomic mass is 35.5. The number of nitrogens with two attached hydrogens (primary N) is 1. The van der Waals surface area contributed by atoms with Gasteiger partial charge in [-0.3, -0.25) is 14.5 Å². The second-order valence-electron chi connectivity index (χ2n) is 7.84. The van der Waals surface area contributed by atoms with E-state index < -0.39 is 5.54 Å². The average Bonchev–Trinajstić information content (AvgIpc) is 3.48. The van der Waals surface area contributed by atoms with Crippen molar-refractivity contribution in [2.75, 3.05) is 6.54 Å². The lowest BCUT2D eigenvalue weighted by molar-refractivity contribution is -0.131. The zero-order chi connectivity index (χ0) is 20.6. The molecule has 1 saturated carbocycles. The second-order valence-corrected chi connectivity index (χ2v) is 8.28. The molecule has 2 unspecified atom stereocenters. The largest absolute Gasteiger partial charge is 0.369 e. The van der Waals surface area contributed by atoms with E-state index in [1.807, 2.05) is 42.5 Å². The molecule has 0 radical (unpaired) electrons. The molecular formula is C22H23ClN4O2. The number of hydrogen-bond donors (Lipinski definition) is 2. The third-order valence-electron chi connectivity index (χ3n) is 5.54. The highest BCUT2D eigenvalue weighted by Crippen LogP contribution is 2.47. The van der Waals surface area contributed by atoms with Crippen molar-refractivity contribution in [3.63, 3.8) is 0 Å². The van der Waals surface area contributed by atoms with E-state index in [2.05, 4.69) is 10.3 Å². The van der Waals surface area contributed by atoms with E-state index in [0.29, 0.717) is 5.02 Å². The van der Waals surface area contributed by atoms with Crippen LogP contribution >= 0.6 is 11.6 Å². The summed E-state index contributed by atoms with van der Waals surface area (Å²) in [5.41, 5.74) is 6.95. The van der Waals surface area contributed by atoms with Crippen molar-refractivity contribution in [1.82, 2.24) is 10.2 Å². The summed E-state index contributed by atoms with van der Waals surface area (Å²) in [5.74, 6) is 0.0681. The van der Waals surface area contributed by atoms with Crippen molar-refractivity contribution < 1.29 is 9.59 Å². The summed E-state index contributed by atoms with van der Waals surface area (Å²) in [6.45, 7) is 2.11. The molecule has 4 rings (SSSR count). The molecule has 1 aliphatic carbocycles. The number of benzene rings is 2. The highest BCUT2D eigenvalue weighted by Gasteiger charge is 2.47. The summed E-state index contributed by atoms with van der Waals surface area (Å²) in [7, 11) is 0. The molecule has 2 aromatic rings. The van der Waals surface area contributed by atoms with Gasteiger partial charge in [0, 0.05) is 10.9 Å². The van der Waals surface area contributed by atoms with Gasteiger partial charge in [0.15, 0.2) is 11.5 Å². The standard InChI is InChI=1S/C22H23ClN4O2/c1-22(13-25-19(28)18-11-17(18)15-7-3-2-4-8-15)20(29)27(21(24)26-22)12-14-6-5-9-16(23)10-14/h2-10,17-18H,11-13H2,1H3,(H2,24,26)(H,25,28)/t17-,18?,22?/m0/s1. The molecule has 7 heteroatoms. The number of carbonyl (C=O) groups is 2. The van der Waals surface area contributed by atoms with Crippen molar-refractivity contribution in [2.45, 2.75) is 31.3 Å². The lowest BCUT2D eigenvalue weighted by Crippen LogP contribution is -2.48. The van der Waals surface area contributed by atoms with Gasteiger partial charge in [0.25, 0.3) is 5.91 Å². The van der Waals surface area contributed by atoms with E-state index in [4.69, 9.17) is 17.3 Å². The molecular weight excluding hydrogens is 388 g/mol. The van der Waals surface area contributed by atoms with Crippen molar-refractivity contribution in [3.8, 4) is 0 Å². The first-order valence-electron chi connectivity index (χ1n) is 9.62. The molecule has 1 heterocycles. The Morgan fingerprint density at radius 2 is 2.03 bits per heavy atom. The normalized spacial score (nSPS) is 25.7. The van der Waals surface area contributed by atoms with Crippen LogP contribution in [-0.2, 0) is 16.1 Å². The quantitative estimate of drug-likeness (QED) is 0.767. The number of nitrogens with one attached hydrogen (secondary N) is 1. The molecule has 3 atom stereocenters. The molecule has 6 nitrogen and oxygen atoms in total. The van der Waals surface area contributed by atoms with E-state index in [9.17, 15) is 9.59 Å². The molecule has 1 fully saturated rings. The minimum absolute atomic E-state index is 0.0464. The Bertz CT molecular complexity index is 978. The van der Waals surface area contributed by atoms with Gasteiger partial charge in [-0.05, 0) is 42.5 Å². The van der Waals surface area contributed by atoms with E-state index in [-0.39, 0.29) is 42.7 Å². The zero-order valence-electron chi connectivity index (χ0n) is 16.1. The maximum atomic E-state index is 13.0. The zero-order valence-corrected chi connectivity index (χ0v) is 16.9. The average molecular weight is 411 g/mol. The minimum Gasteiger partial charge on any atom is -0.369 e. The molecule has 0 spiro atoms. The van der Waals surface area contributed by atoms with Crippen LogP contribution in [0.4, 0.5) is 0 Å². The number of nitrogens with zero attached hydrogens (tertiary/aromatic N) is 2. The monoisotopic (exact) mass is 410 g/mol. The number of aliphatic imine (C=N–C) groups is 1. The molecule has 2 amide bonds. The third kappa shape index (κ3) is 3.98. The van der Waals surface area contributed by atoms with Gasteiger partial charge in [-0.25, -0.2) is 4.99 Å². The van der Waals surface area contributed by atoms with Gasteiger partial charge in [0.2, 0.25) is 5.91 Å². The van der Waals surface area contributed by atoms with Gasteiger partial charge < -0.3 is 11.1 Å². The molecule has 0 aromatic heterocycles. The van der Waals surface area contributed by atoms with Gasteiger partial charge in [0.05, 0.1) is 13.1 Å². The predicted molar refractivity (Wildman–Crippen MR) is 112 cm³/mol. The lowest BCUT2D eigenvalue weighted by Gasteiger charge is -2.22. The number of guanidine groups is 1. The Morgan fingerprint density at radius 1 is 1.28 bits per heavy atom. The van der Waals surface area contributed by atoms with Gasteiger partial charge in [-0.15, -0.1) is 0 Å². The van der Waals surface area contributed by atoms with Crippen LogP contribution in [0, 0.1) is 5.92 Å². The second kappa shape index (κ2) is 7.52. The van der Waals surface area contributed by atoms with E-state index in [1.54, 1.807) is 19.1 Å². The molecule has 2 aromatic carbocycles. The summed E-state index contributed by atoms with van der Waals surface area (Å²) < 4.78 is 0. The highest BCUT2D eigenvalue weighted by molar-refractivity contribution is 6.30. The van der Waals surface area contributed by atoms with Crippen molar-refractivity contribution in [3.05, 3.63) is 70.7 Å². The summed E-state index contributed by atoms with van der Waals surface area (Å²) >= 11 is 6.02. The number of amides is 2. The van der Waals surface area contributed by atoms with E-state index >= 15 is 0 Å². The van der Waals surface area contributed by atoms with Crippen LogP contribution in [0.15, 0.2) is 59.6 Å². The first kappa shape index (κ1) is 19.5. The Kier molecular flexibility index (Phi) is 5.04. The Hall–Kier alpha value is -2.86. The fourth-order valence-corrected chi connectivity index (χ4v) is 4.00. The number of rotatable bonds is 6. The van der Waals surface area contributed by atoms with Crippen molar-refractivity contribution in [2.24, 2.45) is 16.6 Å². The molecule has 3 N–H and O–H groups in total. The summed E-state index contributed by atoms with van der Waals surface area (Å²) in [6, 6.07) is 17.3. The SMILES string of the molecule is CC1(CNC(=O)C2C[C@H]2c2ccccc2)N=C(N)N(Cc2cccc(Cl)c2)C1=O. The van der Waals surface area contributed by atoms with Crippen LogP contribution in [-0.4, -0.2) is 34.8 Å². The van der Waals surface area contributed by atoms with Gasteiger partial charge in [0.1, 0.15) is 0 Å². The van der Waals surface area contributed by atoms with Crippen LogP contribution in [0.2, 0.25) is 5.02 Å². The minimum atomic E-state index is -1.10. The number of halogens is 1. The molecule has 150 valence electrons. The van der Waals surface area contributed by atoms with Gasteiger partial charge in [-0.1, -0.05) is 54.1 Å². The Labute approximate surface area is 174 Å². The predicted octanol–water partition coefficient (Wildman–Crippen LogP) is 2.68. The van der Waals surface area contributed by atoms with Crippen LogP contribution in [0.25, 0.3) is 0 Å². The van der Waals surface area contributed by atoms with Crippen LogP contribution in [0.3, 0.4) is 0 Å². The summed E-state index contributed by atoms with van der Waals surface area (Å²) in [6.07, 6.45) is 0.826. The summed E-state index contributed by atoms with van der Waals surface area (Å²) in [4.78, 5) is 31.3. The molecule has 0 saturated heterocycles. The topological polar surface area (TPSA) is 87.8 Å². The number of hydrogen-bond acceptors (Lipinski definition) is 4. The molecule has 1 aliphatic heterocycles. The van der Waals surface area contributed by atoms with Crippen molar-refractivity contribution >= 4 is 29.4 Å². The fourth-order valence-electron chi connectivity index (χ4n) is 3.79. The fraction of sp³-hybridized carbons (Fsp3) is 0.318. The van der Waals surface area contributed by atoms with Gasteiger partial charge >= 0.3 is 0 Å². The molecule has 0 bridgehead atoms. The van der Waals surface area contributed by atoms with Crippen LogP contribution in [0.5, 0.6) is 0 Å². The smallest absolute Gasteiger partial charge is 0.259 e. The first-order valence-corrected chi connectivity index (χ1v) is 9.99. The van der Waals surface area contributed by atoms with Crippen LogP contribution in [0.1, 0.15) is 30.4 Å². The van der Waals surface area contributed by atoms with Crippen molar-refractivity contribution in [1.29, 1.82) is 0 Å². The van der Waals surface area contributed by atoms with E-state index in [0.717, 1.165) is 12.0 Å². The van der Waals surface area contributed by atoms with E-state index in [1.165, 1.54) is 10.5 Å². The molecule has 2 aliphatic rings. The molecule has 29 heavy (non-hydrogen) atoms. The van der Waals surface area contributed by atoms with Crippen LogP contribution < -0.4 is 11.1 Å². The Balaban J connectivity index is 1.36. The van der Waals surface area contributed by atoms with Gasteiger partial charge in [-0.2, -0.15) is 0 Å². The Morgan fingerprint density at radius 3 is 2.76 bits per heavy atom.